The molecule has 2 aromatic rings. The lowest BCUT2D eigenvalue weighted by molar-refractivity contribution is 0.391. The molecule has 0 unspecified atom stereocenters. The molecule has 0 radical (unpaired) electrons. The molecule has 20 heavy (non-hydrogen) atoms. The number of hydrogen-bond acceptors (Lipinski definition) is 5. The standard InChI is InChI=1S/C13H17ClN4O2/c1-3-4-5-18-13(19)12(14)11(8-16-18)15-7-10-6-9(2)20-17-10/h6,8,15H,3-5,7H2,1-2H3. The lowest BCUT2D eigenvalue weighted by Gasteiger charge is -2.08. The van der Waals surface area contributed by atoms with Crippen molar-refractivity contribution in [1.29, 1.82) is 0 Å². The number of rotatable bonds is 6. The maximum atomic E-state index is 12.0. The SMILES string of the molecule is CCCCn1ncc(NCc2cc(C)on2)c(Cl)c1=O. The largest absolute Gasteiger partial charge is 0.377 e. The summed E-state index contributed by atoms with van der Waals surface area (Å²) in [5, 5.41) is 11.1. The molecule has 0 saturated heterocycles. The molecule has 0 amide bonds. The Morgan fingerprint density at radius 1 is 1.50 bits per heavy atom. The van der Waals surface area contributed by atoms with Crippen LogP contribution in [0, 0.1) is 6.92 Å². The van der Waals surface area contributed by atoms with Crippen LogP contribution in [0.1, 0.15) is 31.2 Å². The molecular formula is C13H17ClN4O2. The second kappa shape index (κ2) is 6.56. The molecule has 0 spiro atoms. The normalized spacial score (nSPS) is 10.8. The van der Waals surface area contributed by atoms with E-state index in [1.54, 1.807) is 6.20 Å². The van der Waals surface area contributed by atoms with Gasteiger partial charge in [0.1, 0.15) is 16.5 Å². The van der Waals surface area contributed by atoms with Crippen LogP contribution in [0.2, 0.25) is 5.02 Å². The van der Waals surface area contributed by atoms with Gasteiger partial charge >= 0.3 is 0 Å². The van der Waals surface area contributed by atoms with Crippen LogP contribution in [0.4, 0.5) is 5.69 Å². The van der Waals surface area contributed by atoms with Crippen molar-refractivity contribution in [2.24, 2.45) is 0 Å². The fraction of sp³-hybridized carbons (Fsp3) is 0.462. The molecule has 0 bridgehead atoms. The number of aromatic nitrogens is 3. The quantitative estimate of drug-likeness (QED) is 0.887. The lowest BCUT2D eigenvalue weighted by atomic mass is 10.3. The Labute approximate surface area is 121 Å². The van der Waals surface area contributed by atoms with Crippen molar-refractivity contribution in [2.45, 2.75) is 39.8 Å². The summed E-state index contributed by atoms with van der Waals surface area (Å²) in [4.78, 5) is 12.0. The van der Waals surface area contributed by atoms with Crippen molar-refractivity contribution in [2.75, 3.05) is 5.32 Å². The van der Waals surface area contributed by atoms with Crippen LogP contribution in [-0.2, 0) is 13.1 Å². The third-order valence-corrected chi connectivity index (χ3v) is 3.21. The highest BCUT2D eigenvalue weighted by molar-refractivity contribution is 6.32. The van der Waals surface area contributed by atoms with Gasteiger partial charge in [0.15, 0.2) is 0 Å². The predicted octanol–water partition coefficient (Wildman–Crippen LogP) is 2.61. The van der Waals surface area contributed by atoms with Gasteiger partial charge in [-0.05, 0) is 13.3 Å². The van der Waals surface area contributed by atoms with Gasteiger partial charge in [0.25, 0.3) is 5.56 Å². The van der Waals surface area contributed by atoms with Crippen molar-refractivity contribution in [3.8, 4) is 0 Å². The first-order valence-electron chi connectivity index (χ1n) is 6.53. The molecule has 6 nitrogen and oxygen atoms in total. The topological polar surface area (TPSA) is 73.0 Å². The molecule has 0 fully saturated rings. The zero-order valence-corrected chi connectivity index (χ0v) is 12.3. The van der Waals surface area contributed by atoms with E-state index in [0.29, 0.717) is 18.8 Å². The number of anilines is 1. The molecule has 0 saturated carbocycles. The number of aryl methyl sites for hydroxylation is 2. The van der Waals surface area contributed by atoms with Crippen LogP contribution in [0.5, 0.6) is 0 Å². The average molecular weight is 297 g/mol. The van der Waals surface area contributed by atoms with E-state index in [-0.39, 0.29) is 10.6 Å². The van der Waals surface area contributed by atoms with Gasteiger partial charge in [-0.15, -0.1) is 0 Å². The van der Waals surface area contributed by atoms with Crippen molar-refractivity contribution < 1.29 is 4.52 Å². The highest BCUT2D eigenvalue weighted by Gasteiger charge is 2.09. The average Bonchev–Trinajstić information content (AvgIpc) is 2.85. The molecule has 0 aliphatic heterocycles. The molecule has 0 aromatic carbocycles. The summed E-state index contributed by atoms with van der Waals surface area (Å²) in [6, 6.07) is 1.82. The third-order valence-electron chi connectivity index (χ3n) is 2.85. The zero-order chi connectivity index (χ0) is 14.5. The van der Waals surface area contributed by atoms with Crippen LogP contribution in [0.3, 0.4) is 0 Å². The fourth-order valence-electron chi connectivity index (χ4n) is 1.74. The maximum Gasteiger partial charge on any atom is 0.287 e. The molecule has 2 aromatic heterocycles. The smallest absolute Gasteiger partial charge is 0.287 e. The molecule has 108 valence electrons. The van der Waals surface area contributed by atoms with E-state index in [1.807, 2.05) is 13.0 Å². The van der Waals surface area contributed by atoms with E-state index in [0.717, 1.165) is 24.3 Å². The van der Waals surface area contributed by atoms with E-state index in [4.69, 9.17) is 16.1 Å². The van der Waals surface area contributed by atoms with Crippen LogP contribution < -0.4 is 10.9 Å². The minimum Gasteiger partial charge on any atom is -0.377 e. The number of nitrogens with zero attached hydrogens (tertiary/aromatic N) is 3. The zero-order valence-electron chi connectivity index (χ0n) is 11.5. The summed E-state index contributed by atoms with van der Waals surface area (Å²) in [6.45, 7) is 4.89. The molecule has 0 aliphatic rings. The first-order valence-corrected chi connectivity index (χ1v) is 6.91. The molecule has 0 atom stereocenters. The van der Waals surface area contributed by atoms with Gasteiger partial charge in [0, 0.05) is 12.6 Å². The van der Waals surface area contributed by atoms with Gasteiger partial charge in [-0.1, -0.05) is 30.1 Å². The predicted molar refractivity (Wildman–Crippen MR) is 77.0 cm³/mol. The van der Waals surface area contributed by atoms with Gasteiger partial charge in [-0.25, -0.2) is 4.68 Å². The number of nitrogens with one attached hydrogen (secondary N) is 1. The second-order valence-electron chi connectivity index (χ2n) is 4.54. The summed E-state index contributed by atoms with van der Waals surface area (Å²) >= 11 is 6.07. The van der Waals surface area contributed by atoms with E-state index in [2.05, 4.69) is 22.5 Å². The van der Waals surface area contributed by atoms with Gasteiger partial charge < -0.3 is 9.84 Å². The molecule has 1 N–H and O–H groups in total. The summed E-state index contributed by atoms with van der Waals surface area (Å²) < 4.78 is 6.35. The summed E-state index contributed by atoms with van der Waals surface area (Å²) in [5.74, 6) is 0.737. The monoisotopic (exact) mass is 296 g/mol. The van der Waals surface area contributed by atoms with Crippen molar-refractivity contribution in [3.05, 3.63) is 39.1 Å². The third kappa shape index (κ3) is 3.39. The summed E-state index contributed by atoms with van der Waals surface area (Å²) in [5.41, 5.74) is 0.972. The van der Waals surface area contributed by atoms with E-state index in [1.165, 1.54) is 4.68 Å². The summed E-state index contributed by atoms with van der Waals surface area (Å²) in [6.07, 6.45) is 3.46. The first-order chi connectivity index (χ1) is 9.61. The van der Waals surface area contributed by atoms with Crippen molar-refractivity contribution in [1.82, 2.24) is 14.9 Å². The van der Waals surface area contributed by atoms with E-state index >= 15 is 0 Å². The molecule has 7 heteroatoms. The number of halogens is 1. The lowest BCUT2D eigenvalue weighted by Crippen LogP contribution is -2.24. The Balaban J connectivity index is 2.09. The molecular weight excluding hydrogens is 280 g/mol. The van der Waals surface area contributed by atoms with E-state index < -0.39 is 0 Å². The van der Waals surface area contributed by atoms with Gasteiger partial charge in [0.05, 0.1) is 18.4 Å². The number of hydrogen-bond donors (Lipinski definition) is 1. The minimum absolute atomic E-state index is 0.149. The Morgan fingerprint density at radius 2 is 2.30 bits per heavy atom. The van der Waals surface area contributed by atoms with Crippen LogP contribution in [0.25, 0.3) is 0 Å². The molecule has 2 rings (SSSR count). The highest BCUT2D eigenvalue weighted by atomic mass is 35.5. The molecule has 2 heterocycles. The maximum absolute atomic E-state index is 12.0. The van der Waals surface area contributed by atoms with Gasteiger partial charge in [-0.2, -0.15) is 5.10 Å². The summed E-state index contributed by atoms with van der Waals surface area (Å²) in [7, 11) is 0. The number of unbranched alkanes of at least 4 members (excludes halogenated alkanes) is 1. The Morgan fingerprint density at radius 3 is 2.95 bits per heavy atom. The van der Waals surface area contributed by atoms with Crippen LogP contribution >= 0.6 is 11.6 Å². The van der Waals surface area contributed by atoms with Crippen molar-refractivity contribution in [3.63, 3.8) is 0 Å². The Kier molecular flexibility index (Phi) is 4.79. The van der Waals surface area contributed by atoms with E-state index in [9.17, 15) is 4.79 Å². The van der Waals surface area contributed by atoms with Crippen molar-refractivity contribution >= 4 is 17.3 Å². The highest BCUT2D eigenvalue weighted by Crippen LogP contribution is 2.16. The Bertz CT molecular complexity index is 636. The fourth-order valence-corrected chi connectivity index (χ4v) is 1.96. The van der Waals surface area contributed by atoms with Gasteiger partial charge in [-0.3, -0.25) is 4.79 Å². The van der Waals surface area contributed by atoms with Crippen LogP contribution in [-0.4, -0.2) is 14.9 Å². The molecule has 0 aliphatic carbocycles. The van der Waals surface area contributed by atoms with Gasteiger partial charge in [0.2, 0.25) is 0 Å². The minimum atomic E-state index is -0.276. The first kappa shape index (κ1) is 14.6. The van der Waals surface area contributed by atoms with Crippen LogP contribution in [0.15, 0.2) is 21.6 Å². The second-order valence-corrected chi connectivity index (χ2v) is 4.91. The Hall–Kier alpha value is -1.82.